The Hall–Kier alpha value is -5.88. The standard InChI is InChI=1S/C40H42N8O4/c1-46(24-27-11-3-2-4-12-27)40(52)34(22-28-18-19-29-13-5-6-14-30(29)21-28)41-38(50)36-23-31(49)25-48(36)39(51)33-26-47(35-16-8-7-15-32(33)35)20-10-9-17-37-42-44-45-43-37/h2-8,11-16,18-19,21,26,31,34,36,49H,9-10,17,20,22-25H2,1H3,(H,41,50)(H,42,43,44,45)/t31-,34-,36+/m0/s1. The maximum absolute atomic E-state index is 14.3. The van der Waals surface area contributed by atoms with Crippen LogP contribution in [0.5, 0.6) is 0 Å². The fourth-order valence-electron chi connectivity index (χ4n) is 7.17. The number of tetrazole rings is 1. The molecule has 12 nitrogen and oxygen atoms in total. The minimum atomic E-state index is -0.953. The van der Waals surface area contributed by atoms with Crippen LogP contribution in [0.3, 0.4) is 0 Å². The number of unbranched alkanes of at least 4 members (excludes halogenated alkanes) is 1. The molecule has 1 aliphatic heterocycles. The molecule has 0 radical (unpaired) electrons. The molecule has 12 heteroatoms. The van der Waals surface area contributed by atoms with Crippen molar-refractivity contribution in [2.45, 2.75) is 63.4 Å². The van der Waals surface area contributed by atoms with E-state index in [4.69, 9.17) is 0 Å². The Balaban J connectivity index is 1.11. The number of para-hydroxylation sites is 1. The minimum absolute atomic E-state index is 0.0122. The number of aromatic amines is 1. The predicted octanol–water partition coefficient (Wildman–Crippen LogP) is 4.29. The Morgan fingerprint density at radius 1 is 0.942 bits per heavy atom. The smallest absolute Gasteiger partial charge is 0.256 e. The summed E-state index contributed by atoms with van der Waals surface area (Å²) in [5, 5.41) is 30.8. The van der Waals surface area contributed by atoms with E-state index in [0.29, 0.717) is 30.9 Å². The zero-order chi connectivity index (χ0) is 36.0. The molecule has 0 saturated carbocycles. The first-order valence-corrected chi connectivity index (χ1v) is 17.7. The number of aryl methyl sites for hydroxylation is 2. The number of carbonyl (C=O) groups is 3. The van der Waals surface area contributed by atoms with E-state index in [0.717, 1.165) is 45.6 Å². The Morgan fingerprint density at radius 3 is 2.52 bits per heavy atom. The van der Waals surface area contributed by atoms with Gasteiger partial charge in [0.2, 0.25) is 11.8 Å². The topological polar surface area (TPSA) is 149 Å². The average Bonchev–Trinajstić information content (AvgIpc) is 3.92. The first kappa shape index (κ1) is 34.6. The summed E-state index contributed by atoms with van der Waals surface area (Å²) >= 11 is 0. The van der Waals surface area contributed by atoms with Crippen molar-refractivity contribution in [2.75, 3.05) is 13.6 Å². The number of likely N-dealkylation sites (N-methyl/N-ethyl adjacent to an activating group) is 1. The van der Waals surface area contributed by atoms with E-state index < -0.39 is 24.1 Å². The lowest BCUT2D eigenvalue weighted by atomic mass is 10.00. The van der Waals surface area contributed by atoms with Gasteiger partial charge in [-0.2, -0.15) is 5.21 Å². The molecule has 1 saturated heterocycles. The third kappa shape index (κ3) is 7.71. The summed E-state index contributed by atoms with van der Waals surface area (Å²) < 4.78 is 2.06. The van der Waals surface area contributed by atoms with Crippen LogP contribution in [-0.2, 0) is 35.5 Å². The normalized spacial score (nSPS) is 16.3. The summed E-state index contributed by atoms with van der Waals surface area (Å²) in [6.07, 6.45) is 3.66. The van der Waals surface area contributed by atoms with E-state index in [1.807, 2.05) is 103 Å². The zero-order valence-electron chi connectivity index (χ0n) is 29.1. The Kier molecular flexibility index (Phi) is 10.3. The summed E-state index contributed by atoms with van der Waals surface area (Å²) in [5.41, 5.74) is 3.24. The molecule has 3 atom stereocenters. The third-order valence-corrected chi connectivity index (χ3v) is 9.81. The molecule has 3 heterocycles. The number of fused-ring (bicyclic) bond motifs is 2. The lowest BCUT2D eigenvalue weighted by Crippen LogP contribution is -2.54. The van der Waals surface area contributed by atoms with Gasteiger partial charge in [-0.15, -0.1) is 10.2 Å². The molecule has 3 N–H and O–H groups in total. The van der Waals surface area contributed by atoms with Gasteiger partial charge in [-0.25, -0.2) is 0 Å². The first-order chi connectivity index (χ1) is 25.3. The lowest BCUT2D eigenvalue weighted by molar-refractivity contribution is -0.136. The molecule has 0 spiro atoms. The van der Waals surface area contributed by atoms with E-state index >= 15 is 0 Å². The number of β-amino-alcohol motifs (C(OH)–C–C–N with tert-alkyl or cyclic N) is 1. The number of carbonyl (C=O) groups excluding carboxylic acids is 3. The maximum Gasteiger partial charge on any atom is 0.256 e. The van der Waals surface area contributed by atoms with Gasteiger partial charge < -0.3 is 24.8 Å². The SMILES string of the molecule is CN(Cc1ccccc1)C(=O)[C@H](Cc1ccc2ccccc2c1)NC(=O)[C@H]1C[C@H](O)CN1C(=O)c1cn(CCCCc2nn[nH]n2)c2ccccc12. The molecule has 2 aromatic heterocycles. The van der Waals surface area contributed by atoms with Crippen LogP contribution in [0, 0.1) is 0 Å². The Bertz CT molecular complexity index is 2170. The largest absolute Gasteiger partial charge is 0.391 e. The highest BCUT2D eigenvalue weighted by Crippen LogP contribution is 2.28. The van der Waals surface area contributed by atoms with Gasteiger partial charge in [0.25, 0.3) is 5.91 Å². The summed E-state index contributed by atoms with van der Waals surface area (Å²) in [5.74, 6) is -0.391. The second kappa shape index (κ2) is 15.6. The first-order valence-electron chi connectivity index (χ1n) is 17.7. The van der Waals surface area contributed by atoms with Crippen molar-refractivity contribution in [1.82, 2.24) is 40.3 Å². The van der Waals surface area contributed by atoms with Gasteiger partial charge in [-0.3, -0.25) is 14.4 Å². The fourth-order valence-corrected chi connectivity index (χ4v) is 7.17. The second-order valence-corrected chi connectivity index (χ2v) is 13.5. The number of aliphatic hydroxyl groups is 1. The highest BCUT2D eigenvalue weighted by molar-refractivity contribution is 6.08. The number of hydrogen-bond donors (Lipinski definition) is 3. The van der Waals surface area contributed by atoms with Crippen LogP contribution in [0.1, 0.15) is 46.6 Å². The van der Waals surface area contributed by atoms with Crippen LogP contribution in [-0.4, -0.2) is 89.6 Å². The van der Waals surface area contributed by atoms with E-state index in [1.165, 1.54) is 4.90 Å². The molecule has 266 valence electrons. The number of likely N-dealkylation sites (tertiary alicyclic amines) is 1. The minimum Gasteiger partial charge on any atom is -0.391 e. The van der Waals surface area contributed by atoms with Gasteiger partial charge in [0.15, 0.2) is 5.82 Å². The molecular formula is C40H42N8O4. The molecule has 7 rings (SSSR count). The van der Waals surface area contributed by atoms with Crippen LogP contribution in [0.2, 0.25) is 0 Å². The van der Waals surface area contributed by atoms with Crippen molar-refractivity contribution in [2.24, 2.45) is 0 Å². The molecule has 3 amide bonds. The van der Waals surface area contributed by atoms with Gasteiger partial charge in [0.1, 0.15) is 12.1 Å². The van der Waals surface area contributed by atoms with Crippen LogP contribution < -0.4 is 5.32 Å². The van der Waals surface area contributed by atoms with Crippen molar-refractivity contribution in [1.29, 1.82) is 0 Å². The van der Waals surface area contributed by atoms with Gasteiger partial charge >= 0.3 is 0 Å². The molecule has 6 aromatic rings. The zero-order valence-corrected chi connectivity index (χ0v) is 29.1. The predicted molar refractivity (Wildman–Crippen MR) is 197 cm³/mol. The summed E-state index contributed by atoms with van der Waals surface area (Å²) in [4.78, 5) is 45.6. The number of nitrogens with one attached hydrogen (secondary N) is 2. The monoisotopic (exact) mass is 698 g/mol. The van der Waals surface area contributed by atoms with E-state index in [2.05, 4.69) is 30.5 Å². The molecule has 1 aliphatic rings. The number of H-pyrrole nitrogens is 1. The Labute approximate surface area is 301 Å². The van der Waals surface area contributed by atoms with E-state index in [9.17, 15) is 19.5 Å². The summed E-state index contributed by atoms with van der Waals surface area (Å²) in [6, 6.07) is 29.6. The summed E-state index contributed by atoms with van der Waals surface area (Å²) in [7, 11) is 1.73. The van der Waals surface area contributed by atoms with Gasteiger partial charge in [0, 0.05) is 63.0 Å². The molecule has 4 aromatic carbocycles. The Morgan fingerprint density at radius 2 is 1.71 bits per heavy atom. The van der Waals surface area contributed by atoms with Crippen molar-refractivity contribution in [3.8, 4) is 0 Å². The van der Waals surface area contributed by atoms with Gasteiger partial charge in [-0.05, 0) is 40.8 Å². The highest BCUT2D eigenvalue weighted by atomic mass is 16.3. The lowest BCUT2D eigenvalue weighted by Gasteiger charge is -2.28. The molecule has 0 bridgehead atoms. The van der Waals surface area contributed by atoms with Crippen molar-refractivity contribution in [3.63, 3.8) is 0 Å². The molecule has 52 heavy (non-hydrogen) atoms. The fraction of sp³-hybridized carbons (Fsp3) is 0.300. The average molecular weight is 699 g/mol. The molecule has 0 aliphatic carbocycles. The van der Waals surface area contributed by atoms with Crippen molar-refractivity contribution in [3.05, 3.63) is 126 Å². The number of aliphatic hydroxyl groups excluding tert-OH is 1. The highest BCUT2D eigenvalue weighted by Gasteiger charge is 2.41. The number of benzene rings is 4. The van der Waals surface area contributed by atoms with Crippen LogP contribution in [0.25, 0.3) is 21.7 Å². The second-order valence-electron chi connectivity index (χ2n) is 13.5. The van der Waals surface area contributed by atoms with Crippen molar-refractivity contribution >= 4 is 39.4 Å². The van der Waals surface area contributed by atoms with Crippen molar-refractivity contribution < 1.29 is 19.5 Å². The number of nitrogens with zero attached hydrogens (tertiary/aromatic N) is 6. The van der Waals surface area contributed by atoms with E-state index in [1.54, 1.807) is 11.9 Å². The van der Waals surface area contributed by atoms with Crippen LogP contribution >= 0.6 is 0 Å². The number of amides is 3. The van der Waals surface area contributed by atoms with Gasteiger partial charge in [-0.1, -0.05) is 96.2 Å². The molecule has 1 fully saturated rings. The number of rotatable bonds is 13. The third-order valence-electron chi connectivity index (χ3n) is 9.81. The van der Waals surface area contributed by atoms with E-state index in [-0.39, 0.29) is 31.2 Å². The van der Waals surface area contributed by atoms with Gasteiger partial charge in [0.05, 0.1) is 11.7 Å². The summed E-state index contributed by atoms with van der Waals surface area (Å²) in [6.45, 7) is 1.06. The quantitative estimate of drug-likeness (QED) is 0.152. The number of aromatic nitrogens is 5. The molecule has 0 unspecified atom stereocenters. The van der Waals surface area contributed by atoms with Crippen LogP contribution in [0.15, 0.2) is 103 Å². The molecular weight excluding hydrogens is 656 g/mol. The number of hydrogen-bond acceptors (Lipinski definition) is 7. The maximum atomic E-state index is 14.3. The van der Waals surface area contributed by atoms with Crippen LogP contribution in [0.4, 0.5) is 0 Å².